The van der Waals surface area contributed by atoms with Gasteiger partial charge in [0, 0.05) is 29.6 Å². The van der Waals surface area contributed by atoms with Crippen molar-refractivity contribution in [3.05, 3.63) is 35.4 Å². The molecule has 0 saturated heterocycles. The number of nitrogens with zero attached hydrogens (tertiary/aromatic N) is 3. The maximum Gasteiger partial charge on any atom is 0.240 e. The minimum absolute atomic E-state index is 0.0221. The first kappa shape index (κ1) is 17.5. The van der Waals surface area contributed by atoms with Crippen LogP contribution in [-0.2, 0) is 16.1 Å². The predicted octanol–water partition coefficient (Wildman–Crippen LogP) is 2.86. The van der Waals surface area contributed by atoms with Crippen molar-refractivity contribution in [1.82, 2.24) is 15.1 Å². The summed E-state index contributed by atoms with van der Waals surface area (Å²) in [6.07, 6.45) is 2.29. The number of aryl methyl sites for hydroxylation is 1. The van der Waals surface area contributed by atoms with Crippen molar-refractivity contribution >= 4 is 29.2 Å². The fourth-order valence-electron chi connectivity index (χ4n) is 2.79. The van der Waals surface area contributed by atoms with Crippen molar-refractivity contribution in [3.63, 3.8) is 0 Å². The third-order valence-electron chi connectivity index (χ3n) is 4.17. The molecule has 3 rings (SSSR count). The molecule has 0 saturated carbocycles. The number of carbonyl (C=O) groups excluding carboxylic acids is 2. The molecule has 132 valence electrons. The second-order valence-corrected chi connectivity index (χ2v) is 6.49. The molecule has 1 aromatic heterocycles. The summed E-state index contributed by atoms with van der Waals surface area (Å²) in [4.78, 5) is 25.9. The smallest absolute Gasteiger partial charge is 0.240 e. The molecule has 1 aliphatic heterocycles. The summed E-state index contributed by atoms with van der Waals surface area (Å²) in [5.41, 5.74) is 1.68. The maximum absolute atomic E-state index is 12.3. The molecule has 0 aliphatic carbocycles. The van der Waals surface area contributed by atoms with Gasteiger partial charge in [0.05, 0.1) is 12.2 Å². The zero-order valence-electron chi connectivity index (χ0n) is 14.2. The molecule has 0 bridgehead atoms. The van der Waals surface area contributed by atoms with Crippen LogP contribution in [0, 0.1) is 0 Å². The molecule has 0 spiro atoms. The molecule has 25 heavy (non-hydrogen) atoms. The number of nitrogens with one attached hydrogen (secondary N) is 1. The lowest BCUT2D eigenvalue weighted by atomic mass is 10.1. The third kappa shape index (κ3) is 4.02. The lowest BCUT2D eigenvalue weighted by Crippen LogP contribution is -2.44. The highest BCUT2D eigenvalue weighted by molar-refractivity contribution is 6.30. The van der Waals surface area contributed by atoms with Crippen molar-refractivity contribution in [3.8, 4) is 11.3 Å². The highest BCUT2D eigenvalue weighted by Gasteiger charge is 2.28. The van der Waals surface area contributed by atoms with Crippen LogP contribution in [-0.4, -0.2) is 34.7 Å². The summed E-state index contributed by atoms with van der Waals surface area (Å²) in [6, 6.07) is 9.23. The first-order valence-corrected chi connectivity index (χ1v) is 8.87. The zero-order valence-corrected chi connectivity index (χ0v) is 14.9. The third-order valence-corrected chi connectivity index (χ3v) is 4.42. The van der Waals surface area contributed by atoms with Gasteiger partial charge in [-0.15, -0.1) is 0 Å². The molecule has 0 unspecified atom stereocenters. The second-order valence-electron chi connectivity index (χ2n) is 6.05. The summed E-state index contributed by atoms with van der Waals surface area (Å²) in [5, 5.41) is 8.08. The lowest BCUT2D eigenvalue weighted by Gasteiger charge is -2.26. The Morgan fingerprint density at radius 3 is 2.80 bits per heavy atom. The van der Waals surface area contributed by atoms with Gasteiger partial charge in [-0.05, 0) is 18.6 Å². The molecule has 2 amide bonds. The van der Waals surface area contributed by atoms with Crippen LogP contribution in [0.2, 0.25) is 5.02 Å². The quantitative estimate of drug-likeness (QED) is 0.805. The van der Waals surface area contributed by atoms with Gasteiger partial charge in [-0.1, -0.05) is 37.1 Å². The largest absolute Gasteiger partial charge is 0.355 e. The molecular formula is C18H21ClN4O2. The van der Waals surface area contributed by atoms with Crippen molar-refractivity contribution in [2.75, 3.05) is 18.0 Å². The summed E-state index contributed by atoms with van der Waals surface area (Å²) in [7, 11) is 0. The standard InChI is InChI=1S/C18H21ClN4O2/c1-2-3-9-20-16(24)12-22-17-11-15(13-4-6-14(19)7-5-13)21-23(17)10-8-18(22)25/h4-7,11H,2-3,8-10,12H2,1H3,(H,20,24). The number of hydrogen-bond donors (Lipinski definition) is 1. The fraction of sp³-hybridized carbons (Fsp3) is 0.389. The predicted molar refractivity (Wildman–Crippen MR) is 97.6 cm³/mol. The number of anilines is 1. The molecule has 0 radical (unpaired) electrons. The first-order valence-electron chi connectivity index (χ1n) is 8.49. The van der Waals surface area contributed by atoms with Crippen LogP contribution in [0.1, 0.15) is 26.2 Å². The van der Waals surface area contributed by atoms with Crippen LogP contribution in [0.4, 0.5) is 5.82 Å². The topological polar surface area (TPSA) is 67.2 Å². The van der Waals surface area contributed by atoms with Gasteiger partial charge < -0.3 is 5.32 Å². The number of amides is 2. The van der Waals surface area contributed by atoms with Crippen LogP contribution >= 0.6 is 11.6 Å². The van der Waals surface area contributed by atoms with E-state index in [1.54, 1.807) is 16.8 Å². The van der Waals surface area contributed by atoms with Gasteiger partial charge >= 0.3 is 0 Å². The van der Waals surface area contributed by atoms with Gasteiger partial charge in [0.2, 0.25) is 11.8 Å². The number of hydrogen-bond acceptors (Lipinski definition) is 3. The van der Waals surface area contributed by atoms with Crippen LogP contribution in [0.3, 0.4) is 0 Å². The lowest BCUT2D eigenvalue weighted by molar-refractivity contribution is -0.124. The Labute approximate surface area is 151 Å². The number of fused-ring (bicyclic) bond motifs is 1. The summed E-state index contributed by atoms with van der Waals surface area (Å²) < 4.78 is 1.78. The van der Waals surface area contributed by atoms with Gasteiger partial charge in [-0.3, -0.25) is 14.5 Å². The molecular weight excluding hydrogens is 340 g/mol. The zero-order chi connectivity index (χ0) is 17.8. The highest BCUT2D eigenvalue weighted by atomic mass is 35.5. The monoisotopic (exact) mass is 360 g/mol. The molecule has 7 heteroatoms. The van der Waals surface area contributed by atoms with E-state index in [4.69, 9.17) is 11.6 Å². The maximum atomic E-state index is 12.3. The molecule has 6 nitrogen and oxygen atoms in total. The van der Waals surface area contributed by atoms with Crippen molar-refractivity contribution in [1.29, 1.82) is 0 Å². The van der Waals surface area contributed by atoms with E-state index in [9.17, 15) is 9.59 Å². The van der Waals surface area contributed by atoms with Crippen molar-refractivity contribution < 1.29 is 9.59 Å². The van der Waals surface area contributed by atoms with E-state index in [-0.39, 0.29) is 18.4 Å². The summed E-state index contributed by atoms with van der Waals surface area (Å²) in [6.45, 7) is 3.24. The highest BCUT2D eigenvalue weighted by Crippen LogP contribution is 2.28. The van der Waals surface area contributed by atoms with E-state index in [1.165, 1.54) is 4.90 Å². The molecule has 0 fully saturated rings. The van der Waals surface area contributed by atoms with Crippen LogP contribution in [0.25, 0.3) is 11.3 Å². The minimum Gasteiger partial charge on any atom is -0.355 e. The Kier molecular flexibility index (Phi) is 5.38. The molecule has 1 aromatic carbocycles. The minimum atomic E-state index is -0.149. The van der Waals surface area contributed by atoms with E-state index in [2.05, 4.69) is 17.3 Å². The van der Waals surface area contributed by atoms with Gasteiger partial charge in [-0.2, -0.15) is 5.10 Å². The van der Waals surface area contributed by atoms with Crippen LogP contribution in [0.5, 0.6) is 0 Å². The Bertz CT molecular complexity index is 770. The van der Waals surface area contributed by atoms with Gasteiger partial charge in [0.1, 0.15) is 12.4 Å². The molecule has 1 N–H and O–H groups in total. The average molecular weight is 361 g/mol. The molecule has 2 aromatic rings. The Hall–Kier alpha value is -2.34. The molecule has 0 atom stereocenters. The number of unbranched alkanes of at least 4 members (excludes halogenated alkanes) is 1. The van der Waals surface area contributed by atoms with E-state index < -0.39 is 0 Å². The van der Waals surface area contributed by atoms with E-state index >= 15 is 0 Å². The van der Waals surface area contributed by atoms with Crippen LogP contribution < -0.4 is 10.2 Å². The SMILES string of the molecule is CCCCNC(=O)CN1C(=O)CCn2nc(-c3ccc(Cl)cc3)cc21. The number of rotatable bonds is 6. The summed E-state index contributed by atoms with van der Waals surface area (Å²) in [5.74, 6) is 0.456. The Morgan fingerprint density at radius 2 is 2.08 bits per heavy atom. The van der Waals surface area contributed by atoms with Crippen molar-refractivity contribution in [2.45, 2.75) is 32.7 Å². The van der Waals surface area contributed by atoms with Gasteiger partial charge in [0.25, 0.3) is 0 Å². The van der Waals surface area contributed by atoms with E-state index in [1.807, 2.05) is 18.2 Å². The first-order chi connectivity index (χ1) is 12.1. The number of halogens is 1. The number of benzene rings is 1. The normalized spacial score (nSPS) is 13.7. The van der Waals surface area contributed by atoms with Gasteiger partial charge in [0.15, 0.2) is 0 Å². The van der Waals surface area contributed by atoms with E-state index in [0.29, 0.717) is 30.4 Å². The second kappa shape index (κ2) is 7.70. The number of carbonyl (C=O) groups is 2. The Morgan fingerprint density at radius 1 is 1.32 bits per heavy atom. The van der Waals surface area contributed by atoms with Crippen molar-refractivity contribution in [2.24, 2.45) is 0 Å². The average Bonchev–Trinajstić information content (AvgIpc) is 3.03. The van der Waals surface area contributed by atoms with E-state index in [0.717, 1.165) is 24.1 Å². The van der Waals surface area contributed by atoms with Crippen LogP contribution in [0.15, 0.2) is 30.3 Å². The Balaban J connectivity index is 1.79. The fourth-order valence-corrected chi connectivity index (χ4v) is 2.91. The number of aromatic nitrogens is 2. The molecule has 2 heterocycles. The summed E-state index contributed by atoms with van der Waals surface area (Å²) >= 11 is 5.93. The molecule has 1 aliphatic rings. The van der Waals surface area contributed by atoms with Gasteiger partial charge in [-0.25, -0.2) is 4.68 Å².